The second-order valence-corrected chi connectivity index (χ2v) is 10.5. The molecule has 0 aromatic heterocycles. The zero-order valence-electron chi connectivity index (χ0n) is 22.5. The molecule has 1 atom stereocenters. The number of aryl methyl sites for hydroxylation is 2. The minimum atomic E-state index is 0.0925. The molecule has 38 heavy (non-hydrogen) atoms. The Labute approximate surface area is 226 Å². The van der Waals surface area contributed by atoms with E-state index in [1.807, 2.05) is 36.1 Å². The Hall–Kier alpha value is -3.98. The number of piperazine rings is 1. The first-order chi connectivity index (χ1) is 18.5. The van der Waals surface area contributed by atoms with Crippen LogP contribution in [0.4, 0.5) is 17.1 Å². The molecule has 2 aliphatic heterocycles. The number of para-hydroxylation sites is 2. The van der Waals surface area contributed by atoms with E-state index in [4.69, 9.17) is 0 Å². The molecule has 1 N–H and O–H groups in total. The van der Waals surface area contributed by atoms with Gasteiger partial charge in [0.05, 0.1) is 11.3 Å². The maximum absolute atomic E-state index is 13.6. The van der Waals surface area contributed by atoms with E-state index in [0.717, 1.165) is 67.9 Å². The summed E-state index contributed by atoms with van der Waals surface area (Å²) in [5, 5.41) is 13.3. The van der Waals surface area contributed by atoms with Crippen LogP contribution in [0.2, 0.25) is 0 Å². The first kappa shape index (κ1) is 25.7. The Bertz CT molecular complexity index is 1310. The lowest BCUT2D eigenvalue weighted by Gasteiger charge is -2.36. The fourth-order valence-electron chi connectivity index (χ4n) is 5.76. The van der Waals surface area contributed by atoms with Crippen molar-refractivity contribution in [3.05, 3.63) is 89.0 Å². The van der Waals surface area contributed by atoms with E-state index < -0.39 is 0 Å². The molecule has 196 valence electrons. The fraction of sp³-hybridized carbons (Fsp3) is 0.375. The normalized spacial score (nSPS) is 18.0. The van der Waals surface area contributed by atoms with Crippen molar-refractivity contribution < 1.29 is 4.79 Å². The monoisotopic (exact) mass is 507 g/mol. The molecule has 3 aromatic rings. The number of carbonyl (C=O) groups is 1. The van der Waals surface area contributed by atoms with Gasteiger partial charge in [0.2, 0.25) is 0 Å². The van der Waals surface area contributed by atoms with Crippen molar-refractivity contribution in [3.63, 3.8) is 0 Å². The molecule has 1 amide bonds. The third-order valence-corrected chi connectivity index (χ3v) is 7.94. The molecular formula is C32H37N5O. The minimum Gasteiger partial charge on any atom is -0.382 e. The average molecular weight is 508 g/mol. The van der Waals surface area contributed by atoms with E-state index in [0.29, 0.717) is 24.7 Å². The van der Waals surface area contributed by atoms with Crippen molar-refractivity contribution in [2.45, 2.75) is 39.2 Å². The zero-order chi connectivity index (χ0) is 26.5. The lowest BCUT2D eigenvalue weighted by Crippen LogP contribution is -2.49. The molecule has 0 bridgehead atoms. The van der Waals surface area contributed by atoms with Gasteiger partial charge in [0.15, 0.2) is 0 Å². The van der Waals surface area contributed by atoms with Gasteiger partial charge in [-0.3, -0.25) is 4.79 Å². The average Bonchev–Trinajstić information content (AvgIpc) is 3.20. The van der Waals surface area contributed by atoms with Crippen molar-refractivity contribution in [3.8, 4) is 6.07 Å². The highest BCUT2D eigenvalue weighted by molar-refractivity contribution is 5.97. The number of rotatable bonds is 5. The van der Waals surface area contributed by atoms with E-state index in [2.05, 4.69) is 70.6 Å². The summed E-state index contributed by atoms with van der Waals surface area (Å²) in [6.45, 7) is 9.00. The summed E-state index contributed by atoms with van der Waals surface area (Å²) < 4.78 is 0. The van der Waals surface area contributed by atoms with Crippen LogP contribution in [0.3, 0.4) is 0 Å². The van der Waals surface area contributed by atoms with Gasteiger partial charge in [-0.2, -0.15) is 5.26 Å². The maximum atomic E-state index is 13.6. The first-order valence-electron chi connectivity index (χ1n) is 13.7. The largest absolute Gasteiger partial charge is 0.382 e. The van der Waals surface area contributed by atoms with Crippen molar-refractivity contribution >= 4 is 23.0 Å². The van der Waals surface area contributed by atoms with Crippen LogP contribution in [-0.4, -0.2) is 56.1 Å². The quantitative estimate of drug-likeness (QED) is 0.487. The van der Waals surface area contributed by atoms with Crippen LogP contribution in [0.5, 0.6) is 0 Å². The van der Waals surface area contributed by atoms with E-state index in [1.165, 1.54) is 11.3 Å². The Balaban J connectivity index is 1.24. The van der Waals surface area contributed by atoms with Crippen LogP contribution in [0.15, 0.2) is 66.7 Å². The van der Waals surface area contributed by atoms with Crippen LogP contribution in [-0.2, 0) is 0 Å². The summed E-state index contributed by atoms with van der Waals surface area (Å²) in [5.41, 5.74) is 6.98. The summed E-state index contributed by atoms with van der Waals surface area (Å²) in [6, 6.07) is 25.3. The van der Waals surface area contributed by atoms with Gasteiger partial charge in [-0.1, -0.05) is 36.4 Å². The minimum absolute atomic E-state index is 0.0925. The molecule has 1 unspecified atom stereocenters. The number of benzene rings is 3. The number of anilines is 3. The van der Waals surface area contributed by atoms with Gasteiger partial charge < -0.3 is 20.0 Å². The van der Waals surface area contributed by atoms with Crippen molar-refractivity contribution in [2.24, 2.45) is 0 Å². The molecule has 0 radical (unpaired) electrons. The molecule has 2 fully saturated rings. The van der Waals surface area contributed by atoms with Crippen LogP contribution in [0.25, 0.3) is 0 Å². The van der Waals surface area contributed by atoms with Gasteiger partial charge in [0, 0.05) is 62.2 Å². The van der Waals surface area contributed by atoms with Crippen molar-refractivity contribution in [1.29, 1.82) is 5.26 Å². The topological polar surface area (TPSA) is 62.6 Å². The molecule has 0 saturated carbocycles. The number of nitrogens with zero attached hydrogens (tertiary/aromatic N) is 4. The van der Waals surface area contributed by atoms with Crippen molar-refractivity contribution in [2.75, 3.05) is 54.4 Å². The summed E-state index contributed by atoms with van der Waals surface area (Å²) in [5.74, 6) is 0.0925. The standard InChI is InChI=1S/C32H37N5O/c1-24-21-25(2)30(34-27-10-8-15-35(16-14-27)28-11-4-3-5-12-28)22-29(24)32(38)37-19-17-36(18-20-37)31-13-7-6-9-26(31)23-33/h3-7,9,11-13,21-22,27,34H,8,10,14-20H2,1-2H3. The summed E-state index contributed by atoms with van der Waals surface area (Å²) in [7, 11) is 0. The highest BCUT2D eigenvalue weighted by atomic mass is 16.2. The van der Waals surface area contributed by atoms with Crippen LogP contribution in [0, 0.1) is 25.2 Å². The highest BCUT2D eigenvalue weighted by Gasteiger charge is 2.25. The first-order valence-corrected chi connectivity index (χ1v) is 13.7. The lowest BCUT2D eigenvalue weighted by atomic mass is 10.0. The Kier molecular flexibility index (Phi) is 7.83. The number of hydrogen-bond acceptors (Lipinski definition) is 5. The maximum Gasteiger partial charge on any atom is 0.254 e. The molecule has 6 nitrogen and oxygen atoms in total. The number of amides is 1. The van der Waals surface area contributed by atoms with E-state index in [-0.39, 0.29) is 5.91 Å². The van der Waals surface area contributed by atoms with Crippen LogP contribution >= 0.6 is 0 Å². The van der Waals surface area contributed by atoms with Gasteiger partial charge in [0.25, 0.3) is 5.91 Å². The molecule has 6 heteroatoms. The van der Waals surface area contributed by atoms with E-state index in [9.17, 15) is 10.1 Å². The lowest BCUT2D eigenvalue weighted by molar-refractivity contribution is 0.0746. The van der Waals surface area contributed by atoms with Crippen molar-refractivity contribution in [1.82, 2.24) is 4.90 Å². The second-order valence-electron chi connectivity index (χ2n) is 10.5. The molecular weight excluding hydrogens is 470 g/mol. The number of nitrogens with one attached hydrogen (secondary N) is 1. The predicted molar refractivity (Wildman–Crippen MR) is 155 cm³/mol. The van der Waals surface area contributed by atoms with Gasteiger partial charge in [-0.15, -0.1) is 0 Å². The van der Waals surface area contributed by atoms with E-state index >= 15 is 0 Å². The Morgan fingerprint density at radius 2 is 1.58 bits per heavy atom. The highest BCUT2D eigenvalue weighted by Crippen LogP contribution is 2.27. The molecule has 5 rings (SSSR count). The summed E-state index contributed by atoms with van der Waals surface area (Å²) in [6.07, 6.45) is 3.33. The zero-order valence-corrected chi connectivity index (χ0v) is 22.5. The molecule has 0 spiro atoms. The number of carbonyl (C=O) groups excluding carboxylic acids is 1. The Morgan fingerprint density at radius 1 is 0.842 bits per heavy atom. The van der Waals surface area contributed by atoms with Crippen LogP contribution in [0.1, 0.15) is 46.3 Å². The SMILES string of the molecule is Cc1cc(C)c(C(=O)N2CCN(c3ccccc3C#N)CC2)cc1NC1CCCN(c2ccccc2)CC1. The van der Waals surface area contributed by atoms with Gasteiger partial charge in [-0.25, -0.2) is 0 Å². The van der Waals surface area contributed by atoms with Gasteiger partial charge >= 0.3 is 0 Å². The molecule has 2 heterocycles. The molecule has 0 aliphatic carbocycles. The number of hydrogen-bond donors (Lipinski definition) is 1. The predicted octanol–water partition coefficient (Wildman–Crippen LogP) is 5.61. The second kappa shape index (κ2) is 11.6. The summed E-state index contributed by atoms with van der Waals surface area (Å²) >= 11 is 0. The van der Waals surface area contributed by atoms with Gasteiger partial charge in [0.1, 0.15) is 6.07 Å². The van der Waals surface area contributed by atoms with Crippen LogP contribution < -0.4 is 15.1 Å². The summed E-state index contributed by atoms with van der Waals surface area (Å²) in [4.78, 5) is 20.3. The van der Waals surface area contributed by atoms with E-state index in [1.54, 1.807) is 0 Å². The fourth-order valence-corrected chi connectivity index (χ4v) is 5.76. The van der Waals surface area contributed by atoms with Gasteiger partial charge in [-0.05, 0) is 74.6 Å². The molecule has 2 saturated heterocycles. The number of nitriles is 1. The molecule has 3 aromatic carbocycles. The molecule has 2 aliphatic rings. The third kappa shape index (κ3) is 5.62. The smallest absolute Gasteiger partial charge is 0.254 e. The Morgan fingerprint density at radius 3 is 2.34 bits per heavy atom. The third-order valence-electron chi connectivity index (χ3n) is 7.94.